The zero-order chi connectivity index (χ0) is 12.8. The van der Waals surface area contributed by atoms with Crippen molar-refractivity contribution in [3.63, 3.8) is 0 Å². The van der Waals surface area contributed by atoms with Crippen molar-refractivity contribution in [3.05, 3.63) is 11.8 Å². The van der Waals surface area contributed by atoms with Crippen LogP contribution in [-0.2, 0) is 4.74 Å². The van der Waals surface area contributed by atoms with Crippen molar-refractivity contribution >= 4 is 17.7 Å². The Hall–Kier alpha value is -2.25. The number of anilines is 1. The fourth-order valence-corrected chi connectivity index (χ4v) is 1.01. The normalized spacial score (nSPS) is 11.6. The van der Waals surface area contributed by atoms with E-state index in [-0.39, 0.29) is 23.1 Å². The summed E-state index contributed by atoms with van der Waals surface area (Å²) >= 11 is 0. The minimum Gasteiger partial charge on any atom is -0.449 e. The first-order chi connectivity index (χ1) is 8.04. The van der Waals surface area contributed by atoms with Crippen LogP contribution in [0.25, 0.3) is 0 Å². The molecule has 0 saturated heterocycles. The number of nitrogens with two attached hydrogens (primary N) is 1. The fraction of sp³-hybridized carbons (Fsp3) is 0.444. The number of H-pyrrole nitrogens is 1. The van der Waals surface area contributed by atoms with Crippen LogP contribution < -0.4 is 11.1 Å². The molecule has 5 N–H and O–H groups in total. The van der Waals surface area contributed by atoms with Crippen LogP contribution in [0.1, 0.15) is 19.4 Å². The smallest absolute Gasteiger partial charge is 0.412 e. The number of carbonyl (C=O) groups is 1. The number of amidine groups is 1. The first-order valence-electron chi connectivity index (χ1n) is 4.99. The Morgan fingerprint density at radius 3 is 3.06 bits per heavy atom. The highest BCUT2D eigenvalue weighted by Gasteiger charge is 2.13. The maximum Gasteiger partial charge on any atom is 0.412 e. The Bertz CT molecular complexity index is 413. The van der Waals surface area contributed by atoms with Crippen LogP contribution in [0.5, 0.6) is 0 Å². The highest BCUT2D eigenvalue weighted by molar-refractivity contribution is 6.03. The van der Waals surface area contributed by atoms with Crippen LogP contribution in [0.2, 0.25) is 0 Å². The summed E-state index contributed by atoms with van der Waals surface area (Å²) in [7, 11) is 0. The first-order valence-corrected chi connectivity index (χ1v) is 4.99. The molecule has 17 heavy (non-hydrogen) atoms. The van der Waals surface area contributed by atoms with Crippen molar-refractivity contribution < 1.29 is 14.7 Å². The van der Waals surface area contributed by atoms with E-state index in [1.54, 1.807) is 0 Å². The van der Waals surface area contributed by atoms with E-state index in [1.807, 2.05) is 13.8 Å². The lowest BCUT2D eigenvalue weighted by atomic mass is 10.2. The molecule has 8 nitrogen and oxygen atoms in total. The van der Waals surface area contributed by atoms with Crippen LogP contribution in [0.3, 0.4) is 0 Å². The number of hydrogen-bond donors (Lipinski definition) is 4. The van der Waals surface area contributed by atoms with Gasteiger partial charge in [0.2, 0.25) is 0 Å². The van der Waals surface area contributed by atoms with E-state index in [1.165, 1.54) is 6.20 Å². The van der Waals surface area contributed by atoms with Crippen molar-refractivity contribution in [2.75, 3.05) is 11.9 Å². The number of rotatable bonds is 4. The van der Waals surface area contributed by atoms with Gasteiger partial charge in [-0.25, -0.2) is 4.79 Å². The van der Waals surface area contributed by atoms with E-state index >= 15 is 0 Å². The zero-order valence-electron chi connectivity index (χ0n) is 9.60. The number of oxime groups is 1. The number of ether oxygens (including phenoxy) is 1. The van der Waals surface area contributed by atoms with Crippen LogP contribution in [0.4, 0.5) is 10.6 Å². The number of carbonyl (C=O) groups excluding carboxylic acids is 1. The third-order valence-electron chi connectivity index (χ3n) is 1.80. The molecule has 0 fully saturated rings. The molecule has 1 rings (SSSR count). The molecule has 1 heterocycles. The van der Waals surface area contributed by atoms with E-state index in [4.69, 9.17) is 15.7 Å². The van der Waals surface area contributed by atoms with Gasteiger partial charge in [-0.3, -0.25) is 10.4 Å². The molecule has 0 saturated carbocycles. The van der Waals surface area contributed by atoms with Crippen molar-refractivity contribution in [3.8, 4) is 0 Å². The largest absolute Gasteiger partial charge is 0.449 e. The van der Waals surface area contributed by atoms with Gasteiger partial charge in [-0.2, -0.15) is 5.10 Å². The predicted molar refractivity (Wildman–Crippen MR) is 60.9 cm³/mol. The summed E-state index contributed by atoms with van der Waals surface area (Å²) in [5.41, 5.74) is 5.67. The maximum atomic E-state index is 11.4. The van der Waals surface area contributed by atoms with E-state index in [9.17, 15) is 4.79 Å². The van der Waals surface area contributed by atoms with E-state index < -0.39 is 6.09 Å². The fourth-order valence-electron chi connectivity index (χ4n) is 1.01. The Morgan fingerprint density at radius 2 is 2.47 bits per heavy atom. The van der Waals surface area contributed by atoms with E-state index in [0.717, 1.165) is 0 Å². The molecule has 0 aliphatic heterocycles. The van der Waals surface area contributed by atoms with Crippen LogP contribution in [0.15, 0.2) is 11.4 Å². The molecular weight excluding hydrogens is 226 g/mol. The Balaban J connectivity index is 2.63. The highest BCUT2D eigenvalue weighted by atomic mass is 16.5. The number of nitrogens with one attached hydrogen (secondary N) is 2. The highest BCUT2D eigenvalue weighted by Crippen LogP contribution is 2.10. The number of nitrogens with zero attached hydrogens (tertiary/aromatic N) is 2. The standard InChI is InChI=1S/C9H15N5O3/c1-5(2)4-17-9(15)12-8-6(3-11-13-8)7(10)14-16/h3,5,16H,4H2,1-2H3,(H2,10,14)(H2,11,12,13,15). The summed E-state index contributed by atoms with van der Waals surface area (Å²) in [4.78, 5) is 11.4. The summed E-state index contributed by atoms with van der Waals surface area (Å²) in [6.45, 7) is 4.15. The summed E-state index contributed by atoms with van der Waals surface area (Å²) < 4.78 is 4.90. The summed E-state index contributed by atoms with van der Waals surface area (Å²) in [5, 5.41) is 19.9. The SMILES string of the molecule is CC(C)COC(=O)Nc1[nH]ncc1C(N)=NO. The van der Waals surface area contributed by atoms with Gasteiger partial charge in [-0.1, -0.05) is 19.0 Å². The van der Waals surface area contributed by atoms with E-state index in [2.05, 4.69) is 20.7 Å². The maximum absolute atomic E-state index is 11.4. The molecule has 0 unspecified atom stereocenters. The second kappa shape index (κ2) is 5.73. The van der Waals surface area contributed by atoms with E-state index in [0.29, 0.717) is 6.61 Å². The predicted octanol–water partition coefficient (Wildman–Crippen LogP) is 0.709. The summed E-state index contributed by atoms with van der Waals surface area (Å²) in [6.07, 6.45) is 0.697. The third-order valence-corrected chi connectivity index (χ3v) is 1.80. The molecule has 0 spiro atoms. The van der Waals surface area contributed by atoms with Gasteiger partial charge < -0.3 is 15.7 Å². The van der Waals surface area contributed by atoms with Gasteiger partial charge in [0.1, 0.15) is 5.82 Å². The molecule has 0 bridgehead atoms. The monoisotopic (exact) mass is 241 g/mol. The average Bonchev–Trinajstić information content (AvgIpc) is 2.73. The number of aromatic nitrogens is 2. The number of hydrogen-bond acceptors (Lipinski definition) is 5. The molecular formula is C9H15N5O3. The molecule has 1 aromatic rings. The number of amides is 1. The van der Waals surface area contributed by atoms with Crippen molar-refractivity contribution in [1.82, 2.24) is 10.2 Å². The van der Waals surface area contributed by atoms with Crippen molar-refractivity contribution in [2.24, 2.45) is 16.8 Å². The van der Waals surface area contributed by atoms with Gasteiger partial charge in [0, 0.05) is 0 Å². The Labute approximate surface area is 97.8 Å². The molecule has 0 radical (unpaired) electrons. The minimum absolute atomic E-state index is 0.155. The second-order valence-corrected chi connectivity index (χ2v) is 3.76. The van der Waals surface area contributed by atoms with Crippen molar-refractivity contribution in [1.29, 1.82) is 0 Å². The van der Waals surface area contributed by atoms with Gasteiger partial charge in [0.25, 0.3) is 0 Å². The van der Waals surface area contributed by atoms with Crippen LogP contribution in [-0.4, -0.2) is 33.9 Å². The van der Waals surface area contributed by atoms with Gasteiger partial charge in [-0.15, -0.1) is 0 Å². The van der Waals surface area contributed by atoms with Gasteiger partial charge >= 0.3 is 6.09 Å². The Morgan fingerprint density at radius 1 is 1.76 bits per heavy atom. The minimum atomic E-state index is -0.630. The van der Waals surface area contributed by atoms with Gasteiger partial charge in [0.15, 0.2) is 5.84 Å². The summed E-state index contributed by atoms with van der Waals surface area (Å²) in [6, 6.07) is 0. The topological polar surface area (TPSA) is 126 Å². The zero-order valence-corrected chi connectivity index (χ0v) is 9.60. The molecule has 0 aliphatic rings. The molecule has 1 amide bonds. The third kappa shape index (κ3) is 3.67. The molecule has 0 aliphatic carbocycles. The molecule has 1 aromatic heterocycles. The molecule has 8 heteroatoms. The lowest BCUT2D eigenvalue weighted by molar-refractivity contribution is 0.147. The first kappa shape index (κ1) is 12.8. The lowest BCUT2D eigenvalue weighted by Gasteiger charge is -2.08. The molecule has 0 atom stereocenters. The lowest BCUT2D eigenvalue weighted by Crippen LogP contribution is -2.20. The van der Waals surface area contributed by atoms with Gasteiger partial charge in [-0.05, 0) is 5.92 Å². The number of aromatic amines is 1. The van der Waals surface area contributed by atoms with Crippen molar-refractivity contribution in [2.45, 2.75) is 13.8 Å². The molecule has 0 aromatic carbocycles. The van der Waals surface area contributed by atoms with Crippen LogP contribution in [0, 0.1) is 5.92 Å². The summed E-state index contributed by atoms with van der Waals surface area (Å²) in [5.74, 6) is 0.304. The van der Waals surface area contributed by atoms with Crippen LogP contribution >= 0.6 is 0 Å². The second-order valence-electron chi connectivity index (χ2n) is 3.76. The Kier molecular flexibility index (Phi) is 4.32. The quantitative estimate of drug-likeness (QED) is 0.267. The molecule has 94 valence electrons. The van der Waals surface area contributed by atoms with Gasteiger partial charge in [0.05, 0.1) is 18.4 Å². The average molecular weight is 241 g/mol.